The van der Waals surface area contributed by atoms with Crippen molar-refractivity contribution < 1.29 is 19.1 Å². The van der Waals surface area contributed by atoms with Gasteiger partial charge in [-0.2, -0.15) is 5.26 Å². The van der Waals surface area contributed by atoms with E-state index < -0.39 is 0 Å². The summed E-state index contributed by atoms with van der Waals surface area (Å²) in [5, 5.41) is 12.1. The van der Waals surface area contributed by atoms with Crippen LogP contribution < -0.4 is 5.32 Å². The lowest BCUT2D eigenvalue weighted by molar-refractivity contribution is -0.142. The lowest BCUT2D eigenvalue weighted by Gasteiger charge is -2.23. The van der Waals surface area contributed by atoms with Gasteiger partial charge in [0.25, 0.3) is 11.8 Å². The molecule has 1 aliphatic rings. The third kappa shape index (κ3) is 8.99. The van der Waals surface area contributed by atoms with Gasteiger partial charge in [0.1, 0.15) is 4.88 Å². The van der Waals surface area contributed by atoms with Gasteiger partial charge in [-0.25, -0.2) is 4.99 Å². The highest BCUT2D eigenvalue weighted by atomic mass is 32.1. The number of aliphatic imine (C=N–C) groups is 1. The van der Waals surface area contributed by atoms with Crippen LogP contribution in [0.25, 0.3) is 0 Å². The SMILES string of the molecule is CC.CCOC(=O)CCNC(=O)c1cc(N=CN2CCCCC2)c(C(=O)N(C)Cc2ccccc2C#N)s1. The molecule has 1 aromatic heterocycles. The first-order valence-corrected chi connectivity index (χ1v) is 13.8. The van der Waals surface area contributed by atoms with Gasteiger partial charge < -0.3 is 19.9 Å². The van der Waals surface area contributed by atoms with Crippen LogP contribution in [0.4, 0.5) is 5.69 Å². The molecule has 0 radical (unpaired) electrons. The molecule has 0 bridgehead atoms. The van der Waals surface area contributed by atoms with Gasteiger partial charge in [0, 0.05) is 33.2 Å². The van der Waals surface area contributed by atoms with Crippen LogP contribution >= 0.6 is 11.3 Å². The van der Waals surface area contributed by atoms with E-state index in [1.165, 1.54) is 11.3 Å². The highest BCUT2D eigenvalue weighted by Gasteiger charge is 2.23. The van der Waals surface area contributed by atoms with Gasteiger partial charge >= 0.3 is 5.97 Å². The first-order chi connectivity index (χ1) is 18.4. The number of benzene rings is 1. The fraction of sp³-hybridized carbons (Fsp3) is 0.464. The number of hydrogen-bond acceptors (Lipinski definition) is 7. The molecular weight excluding hydrogens is 502 g/mol. The van der Waals surface area contributed by atoms with E-state index in [2.05, 4.69) is 21.3 Å². The molecule has 1 saturated heterocycles. The summed E-state index contributed by atoms with van der Waals surface area (Å²) >= 11 is 1.06. The van der Waals surface area contributed by atoms with Crippen molar-refractivity contribution in [3.63, 3.8) is 0 Å². The Morgan fingerprint density at radius 2 is 1.92 bits per heavy atom. The van der Waals surface area contributed by atoms with Gasteiger partial charge in [0.2, 0.25) is 0 Å². The smallest absolute Gasteiger partial charge is 0.307 e. The number of nitrogens with zero attached hydrogens (tertiary/aromatic N) is 4. The van der Waals surface area contributed by atoms with Crippen molar-refractivity contribution in [2.45, 2.75) is 53.0 Å². The van der Waals surface area contributed by atoms with Crippen LogP contribution in [-0.4, -0.2) is 67.2 Å². The Bertz CT molecular complexity index is 1150. The van der Waals surface area contributed by atoms with Crippen molar-refractivity contribution >= 4 is 41.1 Å². The van der Waals surface area contributed by atoms with E-state index in [9.17, 15) is 19.6 Å². The first kappa shape index (κ1) is 30.5. The molecule has 204 valence electrons. The van der Waals surface area contributed by atoms with Crippen LogP contribution in [0.3, 0.4) is 0 Å². The zero-order chi connectivity index (χ0) is 27.9. The van der Waals surface area contributed by atoms with Crippen molar-refractivity contribution in [1.82, 2.24) is 15.1 Å². The van der Waals surface area contributed by atoms with E-state index in [0.29, 0.717) is 21.0 Å². The minimum Gasteiger partial charge on any atom is -0.466 e. The van der Waals surface area contributed by atoms with Crippen LogP contribution in [0.2, 0.25) is 0 Å². The minimum atomic E-state index is -0.383. The Hall–Kier alpha value is -3.71. The molecule has 2 aromatic rings. The summed E-state index contributed by atoms with van der Waals surface area (Å²) in [5.41, 5.74) is 1.67. The lowest BCUT2D eigenvalue weighted by atomic mass is 10.1. The van der Waals surface area contributed by atoms with E-state index in [0.717, 1.165) is 42.8 Å². The van der Waals surface area contributed by atoms with Crippen LogP contribution in [-0.2, 0) is 16.1 Å². The number of thiophene rings is 1. The fourth-order valence-electron chi connectivity index (χ4n) is 3.79. The summed E-state index contributed by atoms with van der Waals surface area (Å²) in [7, 11) is 1.66. The number of nitrogens with one attached hydrogen (secondary N) is 1. The number of piperidine rings is 1. The average Bonchev–Trinajstić information content (AvgIpc) is 3.38. The van der Waals surface area contributed by atoms with E-state index in [-0.39, 0.29) is 43.9 Å². The molecule has 10 heteroatoms. The van der Waals surface area contributed by atoms with Gasteiger partial charge in [0.15, 0.2) is 0 Å². The number of likely N-dealkylation sites (tertiary alicyclic amines) is 1. The van der Waals surface area contributed by atoms with Crippen LogP contribution in [0.1, 0.15) is 76.9 Å². The molecule has 9 nitrogen and oxygen atoms in total. The second-order valence-electron chi connectivity index (χ2n) is 8.41. The maximum Gasteiger partial charge on any atom is 0.307 e. The van der Waals surface area contributed by atoms with Crippen molar-refractivity contribution in [1.29, 1.82) is 5.26 Å². The van der Waals surface area contributed by atoms with Crippen molar-refractivity contribution in [3.05, 3.63) is 51.2 Å². The number of nitriles is 1. The molecule has 0 spiro atoms. The summed E-state index contributed by atoms with van der Waals surface area (Å²) in [6.07, 6.45) is 5.19. The van der Waals surface area contributed by atoms with Gasteiger partial charge in [-0.1, -0.05) is 32.0 Å². The molecule has 1 N–H and O–H groups in total. The second-order valence-corrected chi connectivity index (χ2v) is 9.46. The molecule has 1 fully saturated rings. The molecule has 1 aliphatic heterocycles. The van der Waals surface area contributed by atoms with E-state index in [1.807, 2.05) is 26.0 Å². The first-order valence-electron chi connectivity index (χ1n) is 13.0. The molecule has 0 aliphatic carbocycles. The highest BCUT2D eigenvalue weighted by molar-refractivity contribution is 7.16. The zero-order valence-corrected chi connectivity index (χ0v) is 23.5. The largest absolute Gasteiger partial charge is 0.466 e. The summed E-state index contributed by atoms with van der Waals surface area (Å²) in [6.45, 7) is 8.20. The van der Waals surface area contributed by atoms with Gasteiger partial charge in [0.05, 0.1) is 41.6 Å². The molecule has 2 heterocycles. The Morgan fingerprint density at radius 1 is 1.21 bits per heavy atom. The number of esters is 1. The van der Waals surface area contributed by atoms with E-state index in [1.54, 1.807) is 38.5 Å². The molecule has 0 saturated carbocycles. The summed E-state index contributed by atoms with van der Waals surface area (Å²) in [4.78, 5) is 46.6. The predicted octanol–water partition coefficient (Wildman–Crippen LogP) is 4.75. The number of hydrogen-bond donors (Lipinski definition) is 1. The Morgan fingerprint density at radius 3 is 2.61 bits per heavy atom. The quantitative estimate of drug-likeness (QED) is 0.265. The van der Waals surface area contributed by atoms with E-state index >= 15 is 0 Å². The summed E-state index contributed by atoms with van der Waals surface area (Å²) in [5.74, 6) is -1.05. The second kappa shape index (κ2) is 16.2. The maximum atomic E-state index is 13.4. The standard InChI is InChI=1S/C26H31N5O4S.C2H6/c1-3-35-23(32)11-12-28-25(33)22-15-21(29-18-31-13-7-4-8-14-31)24(36-22)26(34)30(2)17-20-10-6-5-9-19(20)16-27;1-2/h5-6,9-10,15,18H,3-4,7-8,11-14,17H2,1-2H3,(H,28,33);1-2H3. The Labute approximate surface area is 229 Å². The minimum absolute atomic E-state index is 0.0672. The topological polar surface area (TPSA) is 115 Å². The zero-order valence-electron chi connectivity index (χ0n) is 22.7. The van der Waals surface area contributed by atoms with Crippen LogP contribution in [0, 0.1) is 11.3 Å². The fourth-order valence-corrected chi connectivity index (χ4v) is 4.80. The van der Waals surface area contributed by atoms with Crippen molar-refractivity contribution in [2.75, 3.05) is 33.3 Å². The molecule has 38 heavy (non-hydrogen) atoms. The number of rotatable bonds is 10. The van der Waals surface area contributed by atoms with Crippen LogP contribution in [0.5, 0.6) is 0 Å². The van der Waals surface area contributed by atoms with Crippen LogP contribution in [0.15, 0.2) is 35.3 Å². The number of carbonyl (C=O) groups excluding carboxylic acids is 3. The summed E-state index contributed by atoms with van der Waals surface area (Å²) < 4.78 is 4.88. The van der Waals surface area contributed by atoms with E-state index in [4.69, 9.17) is 4.74 Å². The summed E-state index contributed by atoms with van der Waals surface area (Å²) in [6, 6.07) is 10.9. The van der Waals surface area contributed by atoms with Gasteiger partial charge in [-0.15, -0.1) is 11.3 Å². The number of amides is 2. The third-order valence-electron chi connectivity index (χ3n) is 5.69. The molecule has 2 amide bonds. The molecular formula is C28H37N5O4S. The molecule has 3 rings (SSSR count). The van der Waals surface area contributed by atoms with Crippen molar-refractivity contribution in [3.8, 4) is 6.07 Å². The van der Waals surface area contributed by atoms with Gasteiger partial charge in [-0.05, 0) is 43.9 Å². The molecule has 1 aromatic carbocycles. The van der Waals surface area contributed by atoms with Crippen molar-refractivity contribution in [2.24, 2.45) is 4.99 Å². The third-order valence-corrected chi connectivity index (χ3v) is 6.80. The molecule has 0 unspecified atom stereocenters. The highest BCUT2D eigenvalue weighted by Crippen LogP contribution is 2.31. The number of ether oxygens (including phenoxy) is 1. The van der Waals surface area contributed by atoms with Gasteiger partial charge in [-0.3, -0.25) is 14.4 Å². The average molecular weight is 540 g/mol. The molecule has 0 atom stereocenters. The Balaban J connectivity index is 0.00000247. The monoisotopic (exact) mass is 539 g/mol. The predicted molar refractivity (Wildman–Crippen MR) is 150 cm³/mol. The number of carbonyl (C=O) groups is 3. The normalized spacial score (nSPS) is 12.8. The lowest BCUT2D eigenvalue weighted by Crippen LogP contribution is -2.28. The maximum absolute atomic E-state index is 13.4. The Kier molecular flexibility index (Phi) is 13.0.